The number of nitrogens with zero attached hydrogens (tertiary/aromatic N) is 1. The number of ether oxygens (including phenoxy) is 3. The van der Waals surface area contributed by atoms with Gasteiger partial charge in [-0.05, 0) is 47.3 Å². The third kappa shape index (κ3) is 4.50. The second-order valence-electron chi connectivity index (χ2n) is 7.30. The molecule has 0 saturated carbocycles. The third-order valence-electron chi connectivity index (χ3n) is 5.18. The lowest BCUT2D eigenvalue weighted by molar-refractivity contribution is -0.0925. The number of rotatable bonds is 6. The van der Waals surface area contributed by atoms with Gasteiger partial charge in [-0.25, -0.2) is 0 Å². The highest BCUT2D eigenvalue weighted by Gasteiger charge is 2.36. The molecule has 1 aliphatic heterocycles. The lowest BCUT2D eigenvalue weighted by Gasteiger charge is -2.34. The first-order valence-electron chi connectivity index (χ1n) is 9.45. The Morgan fingerprint density at radius 1 is 1.21 bits per heavy atom. The van der Waals surface area contributed by atoms with Crippen molar-refractivity contribution in [2.24, 2.45) is 0 Å². The zero-order chi connectivity index (χ0) is 19.4. The summed E-state index contributed by atoms with van der Waals surface area (Å²) in [5, 5.41) is 1.88. The first kappa shape index (κ1) is 19.3. The maximum Gasteiger partial charge on any atom is 0.137 e. The van der Waals surface area contributed by atoms with Gasteiger partial charge in [0.15, 0.2) is 0 Å². The molecule has 5 nitrogen and oxygen atoms in total. The number of nitrogens with one attached hydrogen (secondary N) is 1. The van der Waals surface area contributed by atoms with E-state index >= 15 is 0 Å². The largest absolute Gasteiger partial charge is 0.490 e. The van der Waals surface area contributed by atoms with Crippen LogP contribution in [0.25, 0.3) is 10.9 Å². The van der Waals surface area contributed by atoms with E-state index in [2.05, 4.69) is 34.1 Å². The van der Waals surface area contributed by atoms with E-state index in [0.29, 0.717) is 24.8 Å². The average Bonchev–Trinajstić information content (AvgIpc) is 3.07. The molecular formula is C22H25ClN2O3. The summed E-state index contributed by atoms with van der Waals surface area (Å²) in [4.78, 5) is 5.61. The first-order valence-corrected chi connectivity index (χ1v) is 9.83. The molecule has 0 aliphatic carbocycles. The molecule has 6 heteroatoms. The smallest absolute Gasteiger partial charge is 0.137 e. The van der Waals surface area contributed by atoms with Crippen molar-refractivity contribution < 1.29 is 14.2 Å². The number of halogens is 1. The number of aromatic amines is 1. The summed E-state index contributed by atoms with van der Waals surface area (Å²) in [6.45, 7) is 4.00. The minimum absolute atomic E-state index is 0.400. The van der Waals surface area contributed by atoms with Gasteiger partial charge in [0, 0.05) is 43.5 Å². The Balaban J connectivity index is 1.46. The lowest BCUT2D eigenvalue weighted by Crippen LogP contribution is -2.50. The number of fused-ring (bicyclic) bond motifs is 1. The predicted octanol–water partition coefficient (Wildman–Crippen LogP) is 4.12. The van der Waals surface area contributed by atoms with E-state index in [4.69, 9.17) is 25.8 Å². The van der Waals surface area contributed by atoms with Crippen LogP contribution in [0.1, 0.15) is 5.56 Å². The fraction of sp³-hybridized carbons (Fsp3) is 0.364. The molecular weight excluding hydrogens is 376 g/mol. The van der Waals surface area contributed by atoms with Crippen LogP contribution in [0.3, 0.4) is 0 Å². The fourth-order valence-electron chi connectivity index (χ4n) is 3.62. The molecule has 1 atom stereocenters. The van der Waals surface area contributed by atoms with Crippen molar-refractivity contribution in [3.05, 3.63) is 65.3 Å². The Labute approximate surface area is 170 Å². The van der Waals surface area contributed by atoms with Crippen LogP contribution >= 0.6 is 11.6 Å². The second kappa shape index (κ2) is 8.53. The molecule has 0 amide bonds. The molecule has 1 unspecified atom stereocenters. The summed E-state index contributed by atoms with van der Waals surface area (Å²) < 4.78 is 17.8. The van der Waals surface area contributed by atoms with Gasteiger partial charge in [-0.2, -0.15) is 0 Å². The molecule has 3 aromatic rings. The Kier molecular flexibility index (Phi) is 5.87. The molecule has 2 aromatic carbocycles. The molecule has 0 spiro atoms. The van der Waals surface area contributed by atoms with Crippen molar-refractivity contribution in [3.63, 3.8) is 0 Å². The zero-order valence-corrected chi connectivity index (χ0v) is 16.7. The van der Waals surface area contributed by atoms with Gasteiger partial charge >= 0.3 is 0 Å². The normalized spacial score (nSPS) is 20.9. The van der Waals surface area contributed by atoms with E-state index in [9.17, 15) is 0 Å². The molecule has 148 valence electrons. The quantitative estimate of drug-likeness (QED) is 0.676. The Hall–Kier alpha value is -2.05. The Morgan fingerprint density at radius 2 is 2.14 bits per heavy atom. The number of H-pyrrole nitrogens is 1. The van der Waals surface area contributed by atoms with Crippen LogP contribution in [-0.2, 0) is 16.0 Å². The van der Waals surface area contributed by atoms with Crippen molar-refractivity contribution in [2.75, 3.05) is 40.0 Å². The summed E-state index contributed by atoms with van der Waals surface area (Å²) in [5.41, 5.74) is 1.90. The molecule has 1 aliphatic rings. The molecule has 1 saturated heterocycles. The minimum atomic E-state index is -0.531. The standard InChI is InChI=1S/C22H25ClN2O3/c1-26-22(16-28-20-4-2-3-19(23)12-20)14-25(9-10-27-15-22)13-17-5-6-21-18(11-17)7-8-24-21/h2-8,11-12,24H,9-10,13-16H2,1H3. The van der Waals surface area contributed by atoms with Gasteiger partial charge in [-0.3, -0.25) is 4.90 Å². The molecule has 1 N–H and O–H groups in total. The van der Waals surface area contributed by atoms with E-state index in [0.717, 1.165) is 30.9 Å². The van der Waals surface area contributed by atoms with Gasteiger partial charge in [-0.1, -0.05) is 23.7 Å². The van der Waals surface area contributed by atoms with Crippen LogP contribution in [0.5, 0.6) is 5.75 Å². The summed E-state index contributed by atoms with van der Waals surface area (Å²) in [7, 11) is 1.72. The summed E-state index contributed by atoms with van der Waals surface area (Å²) in [6, 6.07) is 16.1. The highest BCUT2D eigenvalue weighted by Crippen LogP contribution is 2.23. The van der Waals surface area contributed by atoms with Crippen molar-refractivity contribution >= 4 is 22.5 Å². The van der Waals surface area contributed by atoms with Crippen molar-refractivity contribution in [1.82, 2.24) is 9.88 Å². The molecule has 28 heavy (non-hydrogen) atoms. The van der Waals surface area contributed by atoms with E-state index in [1.165, 1.54) is 10.9 Å². The molecule has 1 aromatic heterocycles. The number of aromatic nitrogens is 1. The SMILES string of the molecule is COC1(COc2cccc(Cl)c2)COCCN(Cc2ccc3[nH]ccc3c2)C1. The number of hydrogen-bond acceptors (Lipinski definition) is 4. The second-order valence-corrected chi connectivity index (χ2v) is 7.73. The molecule has 2 heterocycles. The summed E-state index contributed by atoms with van der Waals surface area (Å²) >= 11 is 6.06. The minimum Gasteiger partial charge on any atom is -0.490 e. The van der Waals surface area contributed by atoms with Gasteiger partial charge in [0.25, 0.3) is 0 Å². The first-order chi connectivity index (χ1) is 13.7. The molecule has 0 bridgehead atoms. The van der Waals surface area contributed by atoms with E-state index in [1.54, 1.807) is 7.11 Å². The van der Waals surface area contributed by atoms with Gasteiger partial charge in [0.2, 0.25) is 0 Å². The lowest BCUT2D eigenvalue weighted by atomic mass is 10.0. The van der Waals surface area contributed by atoms with E-state index in [-0.39, 0.29) is 0 Å². The van der Waals surface area contributed by atoms with Crippen molar-refractivity contribution in [3.8, 4) is 5.75 Å². The summed E-state index contributed by atoms with van der Waals surface area (Å²) in [5.74, 6) is 0.734. The van der Waals surface area contributed by atoms with Crippen LogP contribution in [0.15, 0.2) is 54.7 Å². The van der Waals surface area contributed by atoms with E-state index < -0.39 is 5.60 Å². The maximum atomic E-state index is 6.06. The summed E-state index contributed by atoms with van der Waals surface area (Å²) in [6.07, 6.45) is 1.97. The zero-order valence-electron chi connectivity index (χ0n) is 16.0. The van der Waals surface area contributed by atoms with Gasteiger partial charge in [0.05, 0.1) is 13.2 Å². The predicted molar refractivity (Wildman–Crippen MR) is 111 cm³/mol. The number of methoxy groups -OCH3 is 1. The topological polar surface area (TPSA) is 46.7 Å². The fourth-order valence-corrected chi connectivity index (χ4v) is 3.80. The van der Waals surface area contributed by atoms with Crippen molar-refractivity contribution in [1.29, 1.82) is 0 Å². The molecule has 1 fully saturated rings. The van der Waals surface area contributed by atoms with Crippen molar-refractivity contribution in [2.45, 2.75) is 12.1 Å². The highest BCUT2D eigenvalue weighted by atomic mass is 35.5. The van der Waals surface area contributed by atoms with Crippen LogP contribution in [0.4, 0.5) is 0 Å². The van der Waals surface area contributed by atoms with Gasteiger partial charge in [0.1, 0.15) is 18.0 Å². The van der Waals surface area contributed by atoms with Crippen LogP contribution in [-0.4, -0.2) is 55.5 Å². The highest BCUT2D eigenvalue weighted by molar-refractivity contribution is 6.30. The van der Waals surface area contributed by atoms with Crippen LogP contribution in [0.2, 0.25) is 5.02 Å². The van der Waals surface area contributed by atoms with Gasteiger partial charge < -0.3 is 19.2 Å². The van der Waals surface area contributed by atoms with Crippen LogP contribution in [0, 0.1) is 0 Å². The Morgan fingerprint density at radius 3 is 3.00 bits per heavy atom. The maximum absolute atomic E-state index is 6.06. The number of benzene rings is 2. The van der Waals surface area contributed by atoms with Crippen LogP contribution < -0.4 is 4.74 Å². The third-order valence-corrected chi connectivity index (χ3v) is 5.42. The monoisotopic (exact) mass is 400 g/mol. The average molecular weight is 401 g/mol. The Bertz CT molecular complexity index is 929. The molecule has 0 radical (unpaired) electrons. The number of hydrogen-bond donors (Lipinski definition) is 1. The molecule has 4 rings (SSSR count). The van der Waals surface area contributed by atoms with E-state index in [1.807, 2.05) is 30.5 Å². The van der Waals surface area contributed by atoms with Gasteiger partial charge in [-0.15, -0.1) is 0 Å².